The summed E-state index contributed by atoms with van der Waals surface area (Å²) in [6, 6.07) is 3.64. The molecule has 0 heterocycles. The van der Waals surface area contributed by atoms with Crippen molar-refractivity contribution in [3.8, 4) is 11.5 Å². The van der Waals surface area contributed by atoms with E-state index in [0.29, 0.717) is 5.56 Å². The zero-order chi connectivity index (χ0) is 16.5. The van der Waals surface area contributed by atoms with Crippen molar-refractivity contribution in [1.29, 1.82) is 0 Å². The first kappa shape index (κ1) is 18.3. The summed E-state index contributed by atoms with van der Waals surface area (Å²) in [5, 5.41) is 20.4. The molecule has 0 radical (unpaired) electrons. The van der Waals surface area contributed by atoms with Crippen LogP contribution in [0.25, 0.3) is 0 Å². The van der Waals surface area contributed by atoms with E-state index >= 15 is 0 Å². The van der Waals surface area contributed by atoms with Gasteiger partial charge in [-0.25, -0.2) is 0 Å². The molecule has 22 heavy (non-hydrogen) atoms. The average molecular weight is 302 g/mol. The molecular formula is C20H30O2. The van der Waals surface area contributed by atoms with Crippen molar-refractivity contribution in [1.82, 2.24) is 0 Å². The van der Waals surface area contributed by atoms with Gasteiger partial charge in [-0.2, -0.15) is 0 Å². The zero-order valence-corrected chi connectivity index (χ0v) is 14.2. The van der Waals surface area contributed by atoms with Crippen LogP contribution in [-0.4, -0.2) is 10.2 Å². The highest BCUT2D eigenvalue weighted by Gasteiger charge is 2.21. The largest absolute Gasteiger partial charge is 0.507 e. The maximum atomic E-state index is 10.2. The Kier molecular flexibility index (Phi) is 7.79. The second kappa shape index (κ2) is 9.34. The third-order valence-electron chi connectivity index (χ3n) is 3.96. The highest BCUT2D eigenvalue weighted by atomic mass is 16.3. The summed E-state index contributed by atoms with van der Waals surface area (Å²) in [5.41, 5.74) is 3.08. The topological polar surface area (TPSA) is 40.5 Å². The Hall–Kier alpha value is -1.70. The molecule has 1 aromatic carbocycles. The summed E-state index contributed by atoms with van der Waals surface area (Å²) in [6.07, 6.45) is 10.3. The lowest BCUT2D eigenvalue weighted by molar-refractivity contribution is 0.427. The van der Waals surface area contributed by atoms with Gasteiger partial charge in [0.05, 0.1) is 0 Å². The minimum absolute atomic E-state index is 0.161. The Labute approximate surface area is 135 Å². The summed E-state index contributed by atoms with van der Waals surface area (Å²) in [4.78, 5) is 0. The van der Waals surface area contributed by atoms with E-state index in [1.807, 2.05) is 19.1 Å². The van der Waals surface area contributed by atoms with Crippen LogP contribution in [0.15, 0.2) is 36.4 Å². The lowest BCUT2D eigenvalue weighted by atomic mass is 9.84. The van der Waals surface area contributed by atoms with E-state index in [0.717, 1.165) is 44.1 Å². The SMILES string of the molecule is C=CC.CCCCc1cc(O)c(C2C=C(C)CCC2)c(O)c1. The Morgan fingerprint density at radius 2 is 1.86 bits per heavy atom. The Morgan fingerprint density at radius 3 is 2.36 bits per heavy atom. The monoisotopic (exact) mass is 302 g/mol. The van der Waals surface area contributed by atoms with Crippen LogP contribution in [0.5, 0.6) is 11.5 Å². The van der Waals surface area contributed by atoms with Crippen molar-refractivity contribution in [2.45, 2.75) is 65.2 Å². The predicted octanol–water partition coefficient (Wildman–Crippen LogP) is 5.85. The van der Waals surface area contributed by atoms with Gasteiger partial charge in [-0.1, -0.05) is 31.1 Å². The summed E-state index contributed by atoms with van der Waals surface area (Å²) < 4.78 is 0. The fourth-order valence-corrected chi connectivity index (χ4v) is 2.92. The molecule has 0 spiro atoms. The van der Waals surface area contributed by atoms with E-state index in [2.05, 4.69) is 26.5 Å². The number of rotatable bonds is 4. The first-order valence-corrected chi connectivity index (χ1v) is 8.32. The van der Waals surface area contributed by atoms with Gasteiger partial charge in [-0.3, -0.25) is 0 Å². The number of phenols is 2. The number of aryl methyl sites for hydroxylation is 1. The van der Waals surface area contributed by atoms with Crippen LogP contribution >= 0.6 is 0 Å². The molecule has 1 aliphatic rings. The van der Waals surface area contributed by atoms with E-state index in [1.54, 1.807) is 6.08 Å². The Balaban J connectivity index is 0.000000745. The van der Waals surface area contributed by atoms with E-state index in [-0.39, 0.29) is 17.4 Å². The van der Waals surface area contributed by atoms with Gasteiger partial charge in [-0.05, 0) is 63.6 Å². The van der Waals surface area contributed by atoms with Crippen LogP contribution in [0.4, 0.5) is 0 Å². The molecule has 0 aliphatic heterocycles. The number of hydrogen-bond donors (Lipinski definition) is 2. The molecule has 0 saturated heterocycles. The molecule has 2 N–H and O–H groups in total. The van der Waals surface area contributed by atoms with Crippen molar-refractivity contribution in [2.24, 2.45) is 0 Å². The van der Waals surface area contributed by atoms with E-state index in [9.17, 15) is 10.2 Å². The second-order valence-corrected chi connectivity index (χ2v) is 6.07. The molecule has 1 aromatic rings. The van der Waals surface area contributed by atoms with Gasteiger partial charge in [0, 0.05) is 11.5 Å². The quantitative estimate of drug-likeness (QED) is 0.685. The summed E-state index contributed by atoms with van der Waals surface area (Å²) in [7, 11) is 0. The molecule has 0 bridgehead atoms. The molecule has 2 heteroatoms. The van der Waals surface area contributed by atoms with E-state index < -0.39 is 0 Å². The molecule has 122 valence electrons. The smallest absolute Gasteiger partial charge is 0.123 e. The first-order chi connectivity index (χ1) is 10.5. The highest BCUT2D eigenvalue weighted by molar-refractivity contribution is 5.50. The van der Waals surface area contributed by atoms with Crippen LogP contribution in [0.1, 0.15) is 69.9 Å². The molecule has 1 atom stereocenters. The number of hydrogen-bond acceptors (Lipinski definition) is 2. The molecule has 0 saturated carbocycles. The van der Waals surface area contributed by atoms with Crippen LogP contribution in [-0.2, 0) is 6.42 Å². The molecule has 0 aromatic heterocycles. The minimum atomic E-state index is 0.161. The maximum Gasteiger partial charge on any atom is 0.123 e. The van der Waals surface area contributed by atoms with Gasteiger partial charge in [0.25, 0.3) is 0 Å². The fraction of sp³-hybridized carbons (Fsp3) is 0.500. The van der Waals surface area contributed by atoms with Crippen molar-refractivity contribution in [2.75, 3.05) is 0 Å². The molecule has 0 fully saturated rings. The number of benzene rings is 1. The maximum absolute atomic E-state index is 10.2. The van der Waals surface area contributed by atoms with Crippen LogP contribution in [0, 0.1) is 0 Å². The zero-order valence-electron chi connectivity index (χ0n) is 14.2. The molecule has 1 unspecified atom stereocenters. The van der Waals surface area contributed by atoms with Gasteiger partial charge < -0.3 is 10.2 Å². The normalized spacial score (nSPS) is 17.2. The second-order valence-electron chi connectivity index (χ2n) is 6.07. The highest BCUT2D eigenvalue weighted by Crippen LogP contribution is 2.41. The van der Waals surface area contributed by atoms with Gasteiger partial charge in [0.15, 0.2) is 0 Å². The lowest BCUT2D eigenvalue weighted by Crippen LogP contribution is -2.03. The Morgan fingerprint density at radius 1 is 1.27 bits per heavy atom. The van der Waals surface area contributed by atoms with E-state index in [4.69, 9.17) is 0 Å². The van der Waals surface area contributed by atoms with Gasteiger partial charge in [-0.15, -0.1) is 6.58 Å². The van der Waals surface area contributed by atoms with Gasteiger partial charge in [0.2, 0.25) is 0 Å². The summed E-state index contributed by atoms with van der Waals surface area (Å²) >= 11 is 0. The lowest BCUT2D eigenvalue weighted by Gasteiger charge is -2.22. The number of unbranched alkanes of at least 4 members (excludes halogenated alkanes) is 1. The number of aromatic hydroxyl groups is 2. The summed E-state index contributed by atoms with van der Waals surface area (Å²) in [5.74, 6) is 0.665. The van der Waals surface area contributed by atoms with Crippen molar-refractivity contribution in [3.05, 3.63) is 47.6 Å². The third kappa shape index (κ3) is 5.25. The van der Waals surface area contributed by atoms with Crippen molar-refractivity contribution >= 4 is 0 Å². The minimum Gasteiger partial charge on any atom is -0.507 e. The standard InChI is InChI=1S/C17H24O2.C3H6/c1-3-4-7-13-10-15(18)17(16(19)11-13)14-8-5-6-12(2)9-14;1-3-2/h9-11,14,18-19H,3-8H2,1-2H3;3H,1H2,2H3. The number of phenolic OH excluding ortho intramolecular Hbond substituents is 2. The van der Waals surface area contributed by atoms with Crippen molar-refractivity contribution < 1.29 is 10.2 Å². The molecule has 1 aliphatic carbocycles. The first-order valence-electron chi connectivity index (χ1n) is 8.32. The third-order valence-corrected chi connectivity index (χ3v) is 3.96. The summed E-state index contributed by atoms with van der Waals surface area (Å²) in [6.45, 7) is 9.51. The predicted molar refractivity (Wildman–Crippen MR) is 94.6 cm³/mol. The van der Waals surface area contributed by atoms with Crippen LogP contribution < -0.4 is 0 Å². The van der Waals surface area contributed by atoms with Crippen LogP contribution in [0.3, 0.4) is 0 Å². The molecule has 2 rings (SSSR count). The van der Waals surface area contributed by atoms with Gasteiger partial charge in [0.1, 0.15) is 11.5 Å². The fourth-order valence-electron chi connectivity index (χ4n) is 2.92. The Bertz CT molecular complexity index is 491. The average Bonchev–Trinajstić information content (AvgIpc) is 2.45. The molecule has 0 amide bonds. The number of allylic oxidation sites excluding steroid dienone is 3. The van der Waals surface area contributed by atoms with E-state index in [1.165, 1.54) is 5.57 Å². The van der Waals surface area contributed by atoms with Gasteiger partial charge >= 0.3 is 0 Å². The molecular weight excluding hydrogens is 272 g/mol. The molecule has 2 nitrogen and oxygen atoms in total. The van der Waals surface area contributed by atoms with Crippen LogP contribution in [0.2, 0.25) is 0 Å². The van der Waals surface area contributed by atoms with Crippen molar-refractivity contribution in [3.63, 3.8) is 0 Å².